The first-order chi connectivity index (χ1) is 10.7. The fraction of sp³-hybridized carbons (Fsp3) is 0.688. The lowest BCUT2D eigenvalue weighted by atomic mass is 9.96. The molecule has 22 heavy (non-hydrogen) atoms. The van der Waals surface area contributed by atoms with Crippen LogP contribution in [0.4, 0.5) is 5.82 Å². The fourth-order valence-corrected chi connectivity index (χ4v) is 3.66. The normalized spacial score (nSPS) is 22.8. The maximum atomic E-state index is 12.5. The molecule has 6 heteroatoms. The number of nitrogens with zero attached hydrogens (tertiary/aromatic N) is 3. The maximum Gasteiger partial charge on any atom is 0.248 e. The number of amides is 2. The van der Waals surface area contributed by atoms with Crippen LogP contribution in [-0.4, -0.2) is 39.1 Å². The zero-order valence-electron chi connectivity index (χ0n) is 13.1. The van der Waals surface area contributed by atoms with Gasteiger partial charge in [-0.2, -0.15) is 5.10 Å². The van der Waals surface area contributed by atoms with Crippen LogP contribution in [0.25, 0.3) is 0 Å². The molecule has 1 unspecified atom stereocenters. The standard InChI is InChI=1S/C16H24N4O2/c1-12(21)19-11-5-8-14(19)16(22)18-15-9-10-17-20(15)13-6-3-2-4-7-13/h9-10,13-14H,2-8,11H2,1H3,(H,18,22). The molecule has 1 aromatic rings. The quantitative estimate of drug-likeness (QED) is 0.932. The molecule has 2 amide bonds. The van der Waals surface area contributed by atoms with E-state index in [0.717, 1.165) is 31.5 Å². The van der Waals surface area contributed by atoms with E-state index in [2.05, 4.69) is 10.4 Å². The van der Waals surface area contributed by atoms with Gasteiger partial charge in [0.1, 0.15) is 11.9 Å². The second kappa shape index (κ2) is 6.50. The van der Waals surface area contributed by atoms with Crippen LogP contribution in [0, 0.1) is 0 Å². The number of likely N-dealkylation sites (tertiary alicyclic amines) is 1. The van der Waals surface area contributed by atoms with E-state index >= 15 is 0 Å². The molecule has 1 aliphatic heterocycles. The first-order valence-corrected chi connectivity index (χ1v) is 8.28. The molecule has 2 fully saturated rings. The molecule has 120 valence electrons. The van der Waals surface area contributed by atoms with Crippen molar-refractivity contribution in [3.8, 4) is 0 Å². The van der Waals surface area contributed by atoms with Crippen LogP contribution in [0.15, 0.2) is 12.3 Å². The van der Waals surface area contributed by atoms with Gasteiger partial charge in [0, 0.05) is 19.5 Å². The second-order valence-electron chi connectivity index (χ2n) is 6.31. The molecule has 0 radical (unpaired) electrons. The number of anilines is 1. The minimum absolute atomic E-state index is 0.0292. The molecule has 0 spiro atoms. The Bertz CT molecular complexity index is 548. The van der Waals surface area contributed by atoms with Crippen molar-refractivity contribution in [1.29, 1.82) is 0 Å². The lowest BCUT2D eigenvalue weighted by molar-refractivity contribution is -0.134. The predicted octanol–water partition coefficient (Wildman–Crippen LogP) is 2.34. The van der Waals surface area contributed by atoms with Gasteiger partial charge in [-0.15, -0.1) is 0 Å². The third kappa shape index (κ3) is 3.00. The molecule has 0 aromatic carbocycles. The Balaban J connectivity index is 1.69. The van der Waals surface area contributed by atoms with Gasteiger partial charge < -0.3 is 10.2 Å². The number of carbonyl (C=O) groups is 2. The molecule has 0 bridgehead atoms. The van der Waals surface area contributed by atoms with Crippen molar-refractivity contribution in [3.63, 3.8) is 0 Å². The van der Waals surface area contributed by atoms with E-state index in [-0.39, 0.29) is 17.9 Å². The van der Waals surface area contributed by atoms with Crippen LogP contribution in [0.3, 0.4) is 0 Å². The van der Waals surface area contributed by atoms with E-state index < -0.39 is 0 Å². The van der Waals surface area contributed by atoms with Crippen molar-refractivity contribution in [2.75, 3.05) is 11.9 Å². The minimum Gasteiger partial charge on any atom is -0.331 e. The Kier molecular flexibility index (Phi) is 4.45. The smallest absolute Gasteiger partial charge is 0.248 e. The summed E-state index contributed by atoms with van der Waals surface area (Å²) in [4.78, 5) is 25.8. The monoisotopic (exact) mass is 304 g/mol. The third-order valence-corrected chi connectivity index (χ3v) is 4.80. The summed E-state index contributed by atoms with van der Waals surface area (Å²) in [7, 11) is 0. The number of hydrogen-bond donors (Lipinski definition) is 1. The molecule has 1 aliphatic carbocycles. The Labute approximate surface area is 130 Å². The summed E-state index contributed by atoms with van der Waals surface area (Å²) in [5.41, 5.74) is 0. The van der Waals surface area contributed by atoms with Crippen LogP contribution in [0.2, 0.25) is 0 Å². The Morgan fingerprint density at radius 3 is 2.68 bits per heavy atom. The molecule has 2 aliphatic rings. The van der Waals surface area contributed by atoms with Crippen molar-refractivity contribution in [1.82, 2.24) is 14.7 Å². The topological polar surface area (TPSA) is 67.2 Å². The third-order valence-electron chi connectivity index (χ3n) is 4.80. The van der Waals surface area contributed by atoms with Crippen LogP contribution in [-0.2, 0) is 9.59 Å². The summed E-state index contributed by atoms with van der Waals surface area (Å²) >= 11 is 0. The number of aromatic nitrogens is 2. The van der Waals surface area contributed by atoms with E-state index in [1.807, 2.05) is 10.7 Å². The number of rotatable bonds is 3. The lowest BCUT2D eigenvalue weighted by Gasteiger charge is -2.25. The highest BCUT2D eigenvalue weighted by atomic mass is 16.2. The molecule has 2 heterocycles. The van der Waals surface area contributed by atoms with E-state index in [0.29, 0.717) is 12.6 Å². The van der Waals surface area contributed by atoms with E-state index in [1.165, 1.54) is 26.2 Å². The zero-order valence-corrected chi connectivity index (χ0v) is 13.1. The summed E-state index contributed by atoms with van der Waals surface area (Å²) in [5, 5.41) is 7.38. The summed E-state index contributed by atoms with van der Waals surface area (Å²) in [5.74, 6) is 0.635. The first-order valence-electron chi connectivity index (χ1n) is 8.28. The lowest BCUT2D eigenvalue weighted by Crippen LogP contribution is -2.42. The van der Waals surface area contributed by atoms with Crippen LogP contribution >= 0.6 is 0 Å². The van der Waals surface area contributed by atoms with Gasteiger partial charge in [0.15, 0.2) is 0 Å². The van der Waals surface area contributed by atoms with Crippen molar-refractivity contribution in [3.05, 3.63) is 12.3 Å². The summed E-state index contributed by atoms with van der Waals surface area (Å²) in [6, 6.07) is 1.89. The summed E-state index contributed by atoms with van der Waals surface area (Å²) in [6.45, 7) is 2.20. The largest absolute Gasteiger partial charge is 0.331 e. The zero-order chi connectivity index (χ0) is 15.5. The molecule has 1 aromatic heterocycles. The number of carbonyl (C=O) groups excluding carboxylic acids is 2. The SMILES string of the molecule is CC(=O)N1CCCC1C(=O)Nc1ccnn1C1CCCCC1. The highest BCUT2D eigenvalue weighted by Gasteiger charge is 2.33. The average molecular weight is 304 g/mol. The number of nitrogens with one attached hydrogen (secondary N) is 1. The highest BCUT2D eigenvalue weighted by Crippen LogP contribution is 2.30. The van der Waals surface area contributed by atoms with Crippen molar-refractivity contribution < 1.29 is 9.59 Å². The van der Waals surface area contributed by atoms with Crippen molar-refractivity contribution >= 4 is 17.6 Å². The molecular weight excluding hydrogens is 280 g/mol. The van der Waals surface area contributed by atoms with Gasteiger partial charge in [-0.05, 0) is 25.7 Å². The average Bonchev–Trinajstić information content (AvgIpc) is 3.17. The predicted molar refractivity (Wildman–Crippen MR) is 83.4 cm³/mol. The van der Waals surface area contributed by atoms with E-state index in [4.69, 9.17) is 0 Å². The van der Waals surface area contributed by atoms with Gasteiger partial charge in [-0.25, -0.2) is 4.68 Å². The molecule has 1 saturated heterocycles. The van der Waals surface area contributed by atoms with Crippen LogP contribution in [0.5, 0.6) is 0 Å². The Morgan fingerprint density at radius 2 is 1.95 bits per heavy atom. The van der Waals surface area contributed by atoms with E-state index in [1.54, 1.807) is 11.1 Å². The van der Waals surface area contributed by atoms with Crippen molar-refractivity contribution in [2.45, 2.75) is 64.0 Å². The second-order valence-corrected chi connectivity index (χ2v) is 6.31. The minimum atomic E-state index is -0.341. The van der Waals surface area contributed by atoms with Crippen molar-refractivity contribution in [2.24, 2.45) is 0 Å². The van der Waals surface area contributed by atoms with Gasteiger partial charge in [0.2, 0.25) is 11.8 Å². The van der Waals surface area contributed by atoms with Gasteiger partial charge in [-0.3, -0.25) is 9.59 Å². The first kappa shape index (κ1) is 15.1. The molecule has 3 rings (SSSR count). The fourth-order valence-electron chi connectivity index (χ4n) is 3.66. The van der Waals surface area contributed by atoms with Crippen LogP contribution < -0.4 is 5.32 Å². The van der Waals surface area contributed by atoms with E-state index in [9.17, 15) is 9.59 Å². The number of hydrogen-bond acceptors (Lipinski definition) is 3. The molecular formula is C16H24N4O2. The van der Waals surface area contributed by atoms with Gasteiger partial charge in [0.25, 0.3) is 0 Å². The summed E-state index contributed by atoms with van der Waals surface area (Å²) in [6.07, 6.45) is 9.33. The molecule has 1 saturated carbocycles. The Hall–Kier alpha value is -1.85. The highest BCUT2D eigenvalue weighted by molar-refractivity contribution is 5.96. The van der Waals surface area contributed by atoms with Gasteiger partial charge >= 0.3 is 0 Å². The molecule has 6 nitrogen and oxygen atoms in total. The molecule has 1 N–H and O–H groups in total. The summed E-state index contributed by atoms with van der Waals surface area (Å²) < 4.78 is 1.95. The molecule has 1 atom stereocenters. The van der Waals surface area contributed by atoms with Crippen LogP contribution in [0.1, 0.15) is 57.9 Å². The van der Waals surface area contributed by atoms with Gasteiger partial charge in [0.05, 0.1) is 12.2 Å². The Morgan fingerprint density at radius 1 is 1.18 bits per heavy atom. The van der Waals surface area contributed by atoms with Gasteiger partial charge in [-0.1, -0.05) is 19.3 Å². The maximum absolute atomic E-state index is 12.5.